The average molecular weight is 268 g/mol. The molecule has 5 nitrogen and oxygen atoms in total. The lowest BCUT2D eigenvalue weighted by Crippen LogP contribution is -2.21. The number of hydrogen-bond acceptors (Lipinski definition) is 3. The van der Waals surface area contributed by atoms with Crippen molar-refractivity contribution < 1.29 is 0 Å². The van der Waals surface area contributed by atoms with Crippen molar-refractivity contribution in [1.82, 2.24) is 14.2 Å². The maximum Gasteiger partial charge on any atom is 0.276 e. The van der Waals surface area contributed by atoms with Gasteiger partial charge in [-0.15, -0.1) is 0 Å². The summed E-state index contributed by atoms with van der Waals surface area (Å²) in [7, 11) is 0. The second kappa shape index (κ2) is 5.21. The lowest BCUT2D eigenvalue weighted by Gasteiger charge is -2.06. The summed E-state index contributed by atoms with van der Waals surface area (Å²) in [5, 5.41) is 4.05. The fraction of sp³-hybridized carbons (Fsp3) is 0.200. The van der Waals surface area contributed by atoms with E-state index >= 15 is 0 Å². The van der Waals surface area contributed by atoms with E-state index in [0.29, 0.717) is 12.1 Å². The predicted molar refractivity (Wildman–Crippen MR) is 78.6 cm³/mol. The Morgan fingerprint density at radius 3 is 2.70 bits per heavy atom. The molecule has 0 aliphatic carbocycles. The van der Waals surface area contributed by atoms with Crippen molar-refractivity contribution >= 4 is 11.2 Å². The molecule has 0 saturated carbocycles. The Morgan fingerprint density at radius 1 is 1.10 bits per heavy atom. The maximum atomic E-state index is 12.2. The molecule has 0 amide bonds. The minimum Gasteiger partial charge on any atom is -0.399 e. The Hall–Kier alpha value is -2.56. The van der Waals surface area contributed by atoms with Crippen LogP contribution in [-0.2, 0) is 13.0 Å². The zero-order chi connectivity index (χ0) is 13.9. The van der Waals surface area contributed by atoms with E-state index in [-0.39, 0.29) is 5.56 Å². The number of benzene rings is 1. The van der Waals surface area contributed by atoms with E-state index in [1.807, 2.05) is 24.3 Å². The first-order chi connectivity index (χ1) is 9.74. The first-order valence-electron chi connectivity index (χ1n) is 6.61. The van der Waals surface area contributed by atoms with Crippen molar-refractivity contribution in [3.8, 4) is 0 Å². The van der Waals surface area contributed by atoms with Gasteiger partial charge in [0.1, 0.15) is 5.52 Å². The zero-order valence-electron chi connectivity index (χ0n) is 11.1. The number of fused-ring (bicyclic) bond motifs is 1. The van der Waals surface area contributed by atoms with Gasteiger partial charge >= 0.3 is 0 Å². The summed E-state index contributed by atoms with van der Waals surface area (Å²) in [6.45, 7) is 0.699. The standard InChI is InChI=1S/C15H16N4O/c16-13-5-3-12(4-6-13)2-1-9-18-10-11-19-14(15(18)20)7-8-17-19/h3-8,10-11H,1-2,9,16H2. The average Bonchev–Trinajstić information content (AvgIpc) is 2.93. The molecule has 0 aliphatic heterocycles. The molecule has 0 bridgehead atoms. The molecular formula is C15H16N4O. The fourth-order valence-electron chi connectivity index (χ4n) is 2.27. The third kappa shape index (κ3) is 2.42. The van der Waals surface area contributed by atoms with Crippen LogP contribution in [0.5, 0.6) is 0 Å². The minimum atomic E-state index is 0.00214. The third-order valence-electron chi connectivity index (χ3n) is 3.38. The molecule has 3 rings (SSSR count). The van der Waals surface area contributed by atoms with Gasteiger partial charge in [-0.05, 0) is 36.6 Å². The number of hydrogen-bond donors (Lipinski definition) is 1. The van der Waals surface area contributed by atoms with Gasteiger partial charge in [0.2, 0.25) is 0 Å². The summed E-state index contributed by atoms with van der Waals surface area (Å²) in [6.07, 6.45) is 7.06. The van der Waals surface area contributed by atoms with Crippen LogP contribution in [0.3, 0.4) is 0 Å². The lowest BCUT2D eigenvalue weighted by atomic mass is 10.1. The van der Waals surface area contributed by atoms with Crippen molar-refractivity contribution in [2.45, 2.75) is 19.4 Å². The van der Waals surface area contributed by atoms with Gasteiger partial charge in [-0.25, -0.2) is 4.52 Å². The highest BCUT2D eigenvalue weighted by Crippen LogP contribution is 2.08. The van der Waals surface area contributed by atoms with E-state index < -0.39 is 0 Å². The second-order valence-electron chi connectivity index (χ2n) is 4.80. The van der Waals surface area contributed by atoms with Crippen molar-refractivity contribution in [2.24, 2.45) is 0 Å². The summed E-state index contributed by atoms with van der Waals surface area (Å²) >= 11 is 0. The Morgan fingerprint density at radius 2 is 1.90 bits per heavy atom. The van der Waals surface area contributed by atoms with Gasteiger partial charge in [0.15, 0.2) is 0 Å². The van der Waals surface area contributed by atoms with Crippen LogP contribution in [-0.4, -0.2) is 14.2 Å². The van der Waals surface area contributed by atoms with Crippen molar-refractivity contribution in [2.75, 3.05) is 5.73 Å². The van der Waals surface area contributed by atoms with Crippen LogP contribution in [0, 0.1) is 0 Å². The number of nitrogen functional groups attached to an aromatic ring is 1. The molecule has 0 fully saturated rings. The zero-order valence-corrected chi connectivity index (χ0v) is 11.1. The van der Waals surface area contributed by atoms with Gasteiger partial charge in [-0.3, -0.25) is 4.79 Å². The summed E-state index contributed by atoms with van der Waals surface area (Å²) in [6, 6.07) is 9.59. The molecule has 2 N–H and O–H groups in total. The molecule has 0 saturated heterocycles. The number of nitrogens with zero attached hydrogens (tertiary/aromatic N) is 3. The van der Waals surface area contributed by atoms with Crippen LogP contribution in [0.4, 0.5) is 5.69 Å². The van der Waals surface area contributed by atoms with E-state index in [0.717, 1.165) is 18.5 Å². The monoisotopic (exact) mass is 268 g/mol. The van der Waals surface area contributed by atoms with Crippen LogP contribution in [0.2, 0.25) is 0 Å². The Kier molecular flexibility index (Phi) is 3.25. The quantitative estimate of drug-likeness (QED) is 0.733. The van der Waals surface area contributed by atoms with Crippen LogP contribution >= 0.6 is 0 Å². The summed E-state index contributed by atoms with van der Waals surface area (Å²) in [5.41, 5.74) is 8.28. The van der Waals surface area contributed by atoms with E-state index in [4.69, 9.17) is 5.73 Å². The molecule has 0 aliphatic rings. The summed E-state index contributed by atoms with van der Waals surface area (Å²) in [4.78, 5) is 12.2. The van der Waals surface area contributed by atoms with Gasteiger partial charge in [0.05, 0.1) is 6.20 Å². The Balaban J connectivity index is 1.69. The highest BCUT2D eigenvalue weighted by atomic mass is 16.1. The van der Waals surface area contributed by atoms with E-state index in [1.165, 1.54) is 5.56 Å². The molecular weight excluding hydrogens is 252 g/mol. The first kappa shape index (κ1) is 12.5. The summed E-state index contributed by atoms with van der Waals surface area (Å²) < 4.78 is 3.33. The number of nitrogens with two attached hydrogens (primary N) is 1. The molecule has 0 unspecified atom stereocenters. The van der Waals surface area contributed by atoms with Gasteiger partial charge in [0.25, 0.3) is 5.56 Å². The predicted octanol–water partition coefficient (Wildman–Crippen LogP) is 1.71. The SMILES string of the molecule is Nc1ccc(CCCn2ccn3nccc3c2=O)cc1. The van der Waals surface area contributed by atoms with Crippen molar-refractivity contribution in [1.29, 1.82) is 0 Å². The molecule has 20 heavy (non-hydrogen) atoms. The first-order valence-corrected chi connectivity index (χ1v) is 6.61. The molecule has 5 heteroatoms. The van der Waals surface area contributed by atoms with Crippen LogP contribution in [0.25, 0.3) is 5.52 Å². The Labute approximate surface area is 116 Å². The largest absolute Gasteiger partial charge is 0.399 e. The van der Waals surface area contributed by atoms with Gasteiger partial charge in [0, 0.05) is 24.6 Å². The van der Waals surface area contributed by atoms with Crippen LogP contribution in [0.15, 0.2) is 53.7 Å². The fourth-order valence-corrected chi connectivity index (χ4v) is 2.27. The normalized spacial score (nSPS) is 11.0. The molecule has 1 aromatic carbocycles. The smallest absolute Gasteiger partial charge is 0.276 e. The third-order valence-corrected chi connectivity index (χ3v) is 3.38. The van der Waals surface area contributed by atoms with Crippen LogP contribution < -0.4 is 11.3 Å². The minimum absolute atomic E-state index is 0.00214. The molecule has 102 valence electrons. The lowest BCUT2D eigenvalue weighted by molar-refractivity contribution is 0.618. The van der Waals surface area contributed by atoms with Crippen molar-refractivity contribution in [3.63, 3.8) is 0 Å². The second-order valence-corrected chi connectivity index (χ2v) is 4.80. The molecule has 0 atom stereocenters. The van der Waals surface area contributed by atoms with Gasteiger partial charge in [-0.1, -0.05) is 12.1 Å². The molecule has 2 heterocycles. The van der Waals surface area contributed by atoms with E-state index in [1.54, 1.807) is 33.7 Å². The number of aromatic nitrogens is 3. The number of anilines is 1. The maximum absolute atomic E-state index is 12.2. The van der Waals surface area contributed by atoms with Gasteiger partial charge in [-0.2, -0.15) is 5.10 Å². The van der Waals surface area contributed by atoms with Crippen molar-refractivity contribution in [3.05, 3.63) is 64.8 Å². The topological polar surface area (TPSA) is 65.3 Å². The van der Waals surface area contributed by atoms with E-state index in [9.17, 15) is 4.79 Å². The molecule has 0 spiro atoms. The summed E-state index contributed by atoms with van der Waals surface area (Å²) in [5.74, 6) is 0. The number of aryl methyl sites for hydroxylation is 2. The highest BCUT2D eigenvalue weighted by molar-refractivity contribution is 5.42. The number of rotatable bonds is 4. The van der Waals surface area contributed by atoms with Crippen LogP contribution in [0.1, 0.15) is 12.0 Å². The molecule has 0 radical (unpaired) electrons. The molecule has 2 aromatic heterocycles. The van der Waals surface area contributed by atoms with E-state index in [2.05, 4.69) is 5.10 Å². The Bertz CT molecular complexity index is 770. The van der Waals surface area contributed by atoms with Gasteiger partial charge < -0.3 is 10.3 Å². The molecule has 3 aromatic rings. The highest BCUT2D eigenvalue weighted by Gasteiger charge is 2.03.